The number of hydrogen-bond donors (Lipinski definition) is 0. The van der Waals surface area contributed by atoms with Crippen molar-refractivity contribution in [3.8, 4) is 5.75 Å². The lowest BCUT2D eigenvalue weighted by molar-refractivity contribution is 0.112. The van der Waals surface area contributed by atoms with Crippen LogP contribution in [0.4, 0.5) is 0 Å². The predicted molar refractivity (Wildman–Crippen MR) is 67.2 cm³/mol. The summed E-state index contributed by atoms with van der Waals surface area (Å²) in [6.45, 7) is 2.43. The van der Waals surface area contributed by atoms with Crippen molar-refractivity contribution in [2.45, 2.75) is 0 Å². The first-order chi connectivity index (χ1) is 8.38. The van der Waals surface area contributed by atoms with Gasteiger partial charge in [0.1, 0.15) is 18.6 Å². The largest absolute Gasteiger partial charge is 0.492 e. The van der Waals surface area contributed by atoms with Crippen LogP contribution in [0.25, 0.3) is 0 Å². The van der Waals surface area contributed by atoms with E-state index in [2.05, 4.69) is 17.2 Å². The zero-order valence-electron chi connectivity index (χ0n) is 9.58. The number of nitrogens with zero attached hydrogens (tertiary/aromatic N) is 1. The van der Waals surface area contributed by atoms with E-state index in [9.17, 15) is 4.79 Å². The molecular formula is C14H15NO2. The topological polar surface area (TPSA) is 29.5 Å². The smallest absolute Gasteiger partial charge is 0.150 e. The molecule has 17 heavy (non-hydrogen) atoms. The van der Waals surface area contributed by atoms with Gasteiger partial charge in [0.2, 0.25) is 0 Å². The summed E-state index contributed by atoms with van der Waals surface area (Å²) in [4.78, 5) is 12.7. The number of carbonyl (C=O) groups excluding carboxylic acids is 1. The highest BCUT2D eigenvalue weighted by molar-refractivity contribution is 5.74. The van der Waals surface area contributed by atoms with Gasteiger partial charge >= 0.3 is 0 Å². The summed E-state index contributed by atoms with van der Waals surface area (Å²) in [7, 11) is 0. The van der Waals surface area contributed by atoms with Crippen molar-refractivity contribution < 1.29 is 9.53 Å². The van der Waals surface area contributed by atoms with Crippen LogP contribution >= 0.6 is 0 Å². The highest BCUT2D eigenvalue weighted by atomic mass is 16.5. The Morgan fingerprint density at radius 3 is 2.71 bits per heavy atom. The van der Waals surface area contributed by atoms with E-state index in [0.29, 0.717) is 12.2 Å². The minimum Gasteiger partial charge on any atom is -0.492 e. The fraction of sp³-hybridized carbons (Fsp3) is 0.214. The molecule has 0 saturated heterocycles. The molecule has 88 valence electrons. The molecule has 0 radical (unpaired) electrons. The fourth-order valence-electron chi connectivity index (χ4n) is 1.60. The van der Waals surface area contributed by atoms with Crippen LogP contribution in [-0.4, -0.2) is 30.9 Å². The van der Waals surface area contributed by atoms with Gasteiger partial charge < -0.3 is 9.64 Å². The molecule has 2 rings (SSSR count). The lowest BCUT2D eigenvalue weighted by Crippen LogP contribution is -2.24. The van der Waals surface area contributed by atoms with Crippen LogP contribution in [0.1, 0.15) is 10.4 Å². The number of allylic oxidation sites excluding steroid dienone is 2. The maximum absolute atomic E-state index is 10.5. The van der Waals surface area contributed by atoms with Crippen molar-refractivity contribution >= 4 is 6.29 Å². The third kappa shape index (κ3) is 3.48. The summed E-state index contributed by atoms with van der Waals surface area (Å²) in [5.74, 6) is 0.798. The fourth-order valence-corrected chi connectivity index (χ4v) is 1.60. The van der Waals surface area contributed by atoms with E-state index in [0.717, 1.165) is 25.1 Å². The molecule has 1 aliphatic heterocycles. The number of benzene rings is 1. The van der Waals surface area contributed by atoms with E-state index in [1.165, 1.54) is 0 Å². The molecule has 1 aliphatic rings. The van der Waals surface area contributed by atoms with Crippen LogP contribution in [0.3, 0.4) is 0 Å². The SMILES string of the molecule is O=Cc1ccc(OCCN2C=CC=CC2)cc1. The van der Waals surface area contributed by atoms with E-state index in [4.69, 9.17) is 4.74 Å². The first kappa shape index (κ1) is 11.5. The van der Waals surface area contributed by atoms with Crippen molar-refractivity contribution in [1.82, 2.24) is 4.90 Å². The van der Waals surface area contributed by atoms with Gasteiger partial charge in [-0.2, -0.15) is 0 Å². The average molecular weight is 229 g/mol. The molecule has 0 bridgehead atoms. The molecule has 0 spiro atoms. The Labute approximate surface area is 101 Å². The molecular weight excluding hydrogens is 214 g/mol. The standard InChI is InChI=1S/C14H15NO2/c16-12-13-4-6-14(7-5-13)17-11-10-15-8-2-1-3-9-15/h1-8,12H,9-11H2. The third-order valence-corrected chi connectivity index (χ3v) is 2.55. The molecule has 0 fully saturated rings. The molecule has 0 aromatic heterocycles. The Kier molecular flexibility index (Phi) is 3.97. The number of ether oxygens (including phenoxy) is 1. The average Bonchev–Trinajstić information content (AvgIpc) is 2.41. The second-order valence-electron chi connectivity index (χ2n) is 3.80. The Morgan fingerprint density at radius 2 is 2.06 bits per heavy atom. The van der Waals surface area contributed by atoms with Gasteiger partial charge in [-0.3, -0.25) is 4.79 Å². The summed E-state index contributed by atoms with van der Waals surface area (Å²) in [6.07, 6.45) is 9.05. The number of rotatable bonds is 5. The van der Waals surface area contributed by atoms with E-state index in [1.54, 1.807) is 12.1 Å². The molecule has 1 heterocycles. The zero-order valence-corrected chi connectivity index (χ0v) is 9.58. The summed E-state index contributed by atoms with van der Waals surface area (Å²) < 4.78 is 5.59. The molecule has 3 heteroatoms. The second kappa shape index (κ2) is 5.89. The molecule has 0 saturated carbocycles. The first-order valence-corrected chi connectivity index (χ1v) is 5.64. The Morgan fingerprint density at radius 1 is 1.24 bits per heavy atom. The van der Waals surface area contributed by atoms with Crippen molar-refractivity contribution in [1.29, 1.82) is 0 Å². The van der Waals surface area contributed by atoms with Crippen molar-refractivity contribution in [2.75, 3.05) is 19.7 Å². The molecule has 0 unspecified atom stereocenters. The van der Waals surface area contributed by atoms with E-state index >= 15 is 0 Å². The highest BCUT2D eigenvalue weighted by Gasteiger charge is 2.00. The van der Waals surface area contributed by atoms with E-state index < -0.39 is 0 Å². The van der Waals surface area contributed by atoms with Crippen molar-refractivity contribution in [3.05, 3.63) is 54.3 Å². The van der Waals surface area contributed by atoms with Gasteiger partial charge in [-0.1, -0.05) is 12.2 Å². The Bertz CT molecular complexity index is 420. The first-order valence-electron chi connectivity index (χ1n) is 5.64. The van der Waals surface area contributed by atoms with Crippen molar-refractivity contribution in [3.63, 3.8) is 0 Å². The summed E-state index contributed by atoms with van der Waals surface area (Å²) >= 11 is 0. The summed E-state index contributed by atoms with van der Waals surface area (Å²) in [5.41, 5.74) is 0.668. The second-order valence-corrected chi connectivity index (χ2v) is 3.80. The normalized spacial score (nSPS) is 13.8. The van der Waals surface area contributed by atoms with Crippen LogP contribution in [0, 0.1) is 0 Å². The van der Waals surface area contributed by atoms with Gasteiger partial charge in [-0.05, 0) is 36.5 Å². The van der Waals surface area contributed by atoms with E-state index in [1.807, 2.05) is 24.3 Å². The van der Waals surface area contributed by atoms with Gasteiger partial charge in [0, 0.05) is 12.1 Å². The van der Waals surface area contributed by atoms with Crippen molar-refractivity contribution in [2.24, 2.45) is 0 Å². The maximum Gasteiger partial charge on any atom is 0.150 e. The molecule has 1 aromatic rings. The van der Waals surface area contributed by atoms with Crippen LogP contribution < -0.4 is 4.74 Å². The Hall–Kier alpha value is -2.03. The van der Waals surface area contributed by atoms with Crippen LogP contribution in [-0.2, 0) is 0 Å². The van der Waals surface area contributed by atoms with Crippen LogP contribution in [0.5, 0.6) is 5.75 Å². The van der Waals surface area contributed by atoms with Gasteiger partial charge in [-0.15, -0.1) is 0 Å². The quantitative estimate of drug-likeness (QED) is 0.725. The molecule has 3 nitrogen and oxygen atoms in total. The third-order valence-electron chi connectivity index (χ3n) is 2.55. The van der Waals surface area contributed by atoms with Gasteiger partial charge in [-0.25, -0.2) is 0 Å². The number of aldehydes is 1. The number of hydrogen-bond acceptors (Lipinski definition) is 3. The van der Waals surface area contributed by atoms with Crippen LogP contribution in [0.15, 0.2) is 48.7 Å². The predicted octanol–water partition coefficient (Wildman–Crippen LogP) is 2.26. The lowest BCUT2D eigenvalue weighted by Gasteiger charge is -2.20. The number of carbonyl (C=O) groups is 1. The summed E-state index contributed by atoms with van der Waals surface area (Å²) in [6, 6.07) is 7.14. The highest BCUT2D eigenvalue weighted by Crippen LogP contribution is 2.11. The molecule has 0 atom stereocenters. The monoisotopic (exact) mass is 229 g/mol. The van der Waals surface area contributed by atoms with Gasteiger partial charge in [0.15, 0.2) is 0 Å². The van der Waals surface area contributed by atoms with Gasteiger partial charge in [0.25, 0.3) is 0 Å². The molecule has 0 amide bonds. The molecule has 0 N–H and O–H groups in total. The minimum atomic E-state index is 0.638. The van der Waals surface area contributed by atoms with Crippen LogP contribution in [0.2, 0.25) is 0 Å². The minimum absolute atomic E-state index is 0.638. The molecule has 0 aliphatic carbocycles. The summed E-state index contributed by atoms with van der Waals surface area (Å²) in [5, 5.41) is 0. The Balaban J connectivity index is 1.75. The maximum atomic E-state index is 10.5. The van der Waals surface area contributed by atoms with E-state index in [-0.39, 0.29) is 0 Å². The molecule has 1 aromatic carbocycles. The van der Waals surface area contributed by atoms with Gasteiger partial charge in [0.05, 0.1) is 6.54 Å². The zero-order chi connectivity index (χ0) is 11.9. The lowest BCUT2D eigenvalue weighted by atomic mass is 10.2.